The Kier molecular flexibility index (Phi) is 8.41. The number of nitrogens with one attached hydrogen (secondary N) is 2. The van der Waals surface area contributed by atoms with Crippen LogP contribution in [0.4, 0.5) is 0 Å². The second-order valence-electron chi connectivity index (χ2n) is 6.11. The Labute approximate surface area is 153 Å². The fraction of sp³-hybridized carbons (Fsp3) is 0.500. The summed E-state index contributed by atoms with van der Waals surface area (Å²) in [5, 5.41) is 21.6. The summed E-state index contributed by atoms with van der Waals surface area (Å²) < 4.78 is 7.50. The lowest BCUT2D eigenvalue weighted by molar-refractivity contribution is -0.121. The third kappa shape index (κ3) is 6.72. The average molecular weight is 358 g/mol. The zero-order valence-corrected chi connectivity index (χ0v) is 15.1. The molecule has 0 aliphatic carbocycles. The Morgan fingerprint density at radius 2 is 2.19 bits per heavy atom. The van der Waals surface area contributed by atoms with Crippen molar-refractivity contribution in [1.82, 2.24) is 25.5 Å². The number of aromatic nitrogens is 4. The van der Waals surface area contributed by atoms with Crippen molar-refractivity contribution in [3.63, 3.8) is 0 Å². The molecule has 2 aromatic rings. The molecule has 0 spiro atoms. The van der Waals surface area contributed by atoms with E-state index < -0.39 is 0 Å². The maximum absolute atomic E-state index is 11.7. The number of amides is 1. The largest absolute Gasteiger partial charge is 0.376 e. The second-order valence-corrected chi connectivity index (χ2v) is 6.11. The predicted molar refractivity (Wildman–Crippen MR) is 98.0 cm³/mol. The molecule has 1 unspecified atom stereocenters. The third-order valence-corrected chi connectivity index (χ3v) is 3.86. The van der Waals surface area contributed by atoms with Crippen molar-refractivity contribution in [3.05, 3.63) is 41.7 Å². The number of rotatable bonds is 12. The zero-order chi connectivity index (χ0) is 18.6. The Morgan fingerprint density at radius 3 is 2.96 bits per heavy atom. The predicted octanol–water partition coefficient (Wildman–Crippen LogP) is 1.93. The number of tetrazole rings is 1. The molecule has 8 nitrogen and oxygen atoms in total. The first kappa shape index (κ1) is 19.7. The van der Waals surface area contributed by atoms with Crippen LogP contribution in [-0.2, 0) is 22.7 Å². The minimum Gasteiger partial charge on any atom is -0.376 e. The molecule has 140 valence electrons. The van der Waals surface area contributed by atoms with Crippen molar-refractivity contribution in [2.45, 2.75) is 45.3 Å². The van der Waals surface area contributed by atoms with Gasteiger partial charge in [0.05, 0.1) is 13.2 Å². The third-order valence-electron chi connectivity index (χ3n) is 3.86. The van der Waals surface area contributed by atoms with Crippen LogP contribution in [0.5, 0.6) is 0 Å². The maximum Gasteiger partial charge on any atom is 0.220 e. The monoisotopic (exact) mass is 358 g/mol. The van der Waals surface area contributed by atoms with Crippen LogP contribution in [0.3, 0.4) is 0 Å². The normalized spacial score (nSPS) is 11.9. The summed E-state index contributed by atoms with van der Waals surface area (Å²) in [5.74, 6) is 0.818. The van der Waals surface area contributed by atoms with Crippen LogP contribution >= 0.6 is 0 Å². The molecule has 0 radical (unpaired) electrons. The van der Waals surface area contributed by atoms with E-state index >= 15 is 0 Å². The van der Waals surface area contributed by atoms with Crippen molar-refractivity contribution in [2.24, 2.45) is 0 Å². The first-order valence-corrected chi connectivity index (χ1v) is 8.84. The summed E-state index contributed by atoms with van der Waals surface area (Å²) in [6.45, 7) is 4.21. The van der Waals surface area contributed by atoms with Crippen LogP contribution in [-0.4, -0.2) is 45.5 Å². The van der Waals surface area contributed by atoms with E-state index in [0.717, 1.165) is 11.4 Å². The zero-order valence-electron chi connectivity index (χ0n) is 15.1. The SMILES string of the molecule is CC(COCc1ccccc1)c1nnnn1CCCC(=O)NCCC=N. The van der Waals surface area contributed by atoms with Gasteiger partial charge in [-0.15, -0.1) is 5.10 Å². The molecule has 1 aromatic carbocycles. The van der Waals surface area contributed by atoms with E-state index in [-0.39, 0.29) is 11.8 Å². The molecule has 0 bridgehead atoms. The molecule has 0 saturated heterocycles. The van der Waals surface area contributed by atoms with E-state index in [9.17, 15) is 4.79 Å². The number of carbonyl (C=O) groups is 1. The molecule has 1 aromatic heterocycles. The van der Waals surface area contributed by atoms with Gasteiger partial charge in [-0.2, -0.15) is 0 Å². The highest BCUT2D eigenvalue weighted by Gasteiger charge is 2.15. The number of hydrogen-bond acceptors (Lipinski definition) is 6. The lowest BCUT2D eigenvalue weighted by Crippen LogP contribution is -2.24. The fourth-order valence-corrected chi connectivity index (χ4v) is 2.49. The lowest BCUT2D eigenvalue weighted by Gasteiger charge is -2.12. The molecular weight excluding hydrogens is 332 g/mol. The van der Waals surface area contributed by atoms with Crippen LogP contribution in [0.1, 0.15) is 43.5 Å². The minimum absolute atomic E-state index is 0.0132. The molecule has 1 heterocycles. The first-order valence-electron chi connectivity index (χ1n) is 8.84. The number of benzene rings is 1. The summed E-state index contributed by atoms with van der Waals surface area (Å²) in [6, 6.07) is 10.0. The van der Waals surface area contributed by atoms with Gasteiger partial charge in [0.25, 0.3) is 0 Å². The van der Waals surface area contributed by atoms with Gasteiger partial charge in [0.15, 0.2) is 5.82 Å². The topological polar surface area (TPSA) is 106 Å². The van der Waals surface area contributed by atoms with Gasteiger partial charge in [-0.1, -0.05) is 37.3 Å². The van der Waals surface area contributed by atoms with Gasteiger partial charge < -0.3 is 15.5 Å². The van der Waals surface area contributed by atoms with Crippen molar-refractivity contribution in [3.8, 4) is 0 Å². The summed E-state index contributed by atoms with van der Waals surface area (Å²) in [6.07, 6.45) is 2.92. The van der Waals surface area contributed by atoms with Crippen molar-refractivity contribution in [2.75, 3.05) is 13.2 Å². The van der Waals surface area contributed by atoms with E-state index in [2.05, 4.69) is 20.8 Å². The Morgan fingerprint density at radius 1 is 1.38 bits per heavy atom. The van der Waals surface area contributed by atoms with E-state index in [4.69, 9.17) is 10.1 Å². The quantitative estimate of drug-likeness (QED) is 0.445. The molecule has 8 heteroatoms. The standard InChI is InChI=1S/C18H26N6O2/c1-15(13-26-14-16-7-3-2-4-8-16)18-21-22-23-24(18)12-5-9-17(25)20-11-6-10-19/h2-4,7-8,10,15,19H,5-6,9,11-14H2,1H3,(H,20,25). The van der Waals surface area contributed by atoms with Crippen LogP contribution in [0, 0.1) is 5.41 Å². The maximum atomic E-state index is 11.7. The van der Waals surface area contributed by atoms with Crippen LogP contribution in [0.25, 0.3) is 0 Å². The van der Waals surface area contributed by atoms with Gasteiger partial charge in [-0.25, -0.2) is 4.68 Å². The highest BCUT2D eigenvalue weighted by atomic mass is 16.5. The fourth-order valence-electron chi connectivity index (χ4n) is 2.49. The Hall–Kier alpha value is -2.61. The molecule has 0 aliphatic rings. The summed E-state index contributed by atoms with van der Waals surface area (Å²) >= 11 is 0. The Balaban J connectivity index is 1.72. The molecule has 2 rings (SSSR count). The van der Waals surface area contributed by atoms with E-state index in [0.29, 0.717) is 45.6 Å². The molecule has 0 saturated carbocycles. The summed E-state index contributed by atoms with van der Waals surface area (Å²) in [5.41, 5.74) is 1.13. The number of aryl methyl sites for hydroxylation is 1. The minimum atomic E-state index is -0.0132. The highest BCUT2D eigenvalue weighted by molar-refractivity contribution is 5.76. The average Bonchev–Trinajstić information content (AvgIpc) is 3.11. The number of hydrogen-bond donors (Lipinski definition) is 2. The van der Waals surface area contributed by atoms with Gasteiger partial charge in [-0.3, -0.25) is 4.79 Å². The number of nitrogens with zero attached hydrogens (tertiary/aromatic N) is 4. The molecular formula is C18H26N6O2. The molecule has 0 fully saturated rings. The number of ether oxygens (including phenoxy) is 1. The molecule has 0 aliphatic heterocycles. The van der Waals surface area contributed by atoms with Gasteiger partial charge in [0.2, 0.25) is 5.91 Å². The van der Waals surface area contributed by atoms with Gasteiger partial charge in [-0.05, 0) is 35.0 Å². The highest BCUT2D eigenvalue weighted by Crippen LogP contribution is 2.13. The van der Waals surface area contributed by atoms with E-state index in [1.807, 2.05) is 37.3 Å². The van der Waals surface area contributed by atoms with Crippen molar-refractivity contribution < 1.29 is 9.53 Å². The second kappa shape index (κ2) is 11.1. The van der Waals surface area contributed by atoms with Crippen molar-refractivity contribution in [1.29, 1.82) is 5.41 Å². The smallest absolute Gasteiger partial charge is 0.220 e. The van der Waals surface area contributed by atoms with Gasteiger partial charge in [0.1, 0.15) is 0 Å². The van der Waals surface area contributed by atoms with E-state index in [1.165, 1.54) is 6.21 Å². The van der Waals surface area contributed by atoms with Gasteiger partial charge >= 0.3 is 0 Å². The molecule has 2 N–H and O–H groups in total. The van der Waals surface area contributed by atoms with Gasteiger partial charge in [0, 0.05) is 25.4 Å². The first-order chi connectivity index (χ1) is 12.7. The Bertz CT molecular complexity index is 673. The lowest BCUT2D eigenvalue weighted by atomic mass is 10.2. The van der Waals surface area contributed by atoms with Crippen LogP contribution in [0.15, 0.2) is 30.3 Å². The van der Waals surface area contributed by atoms with E-state index in [1.54, 1.807) is 4.68 Å². The summed E-state index contributed by atoms with van der Waals surface area (Å²) in [4.78, 5) is 11.7. The van der Waals surface area contributed by atoms with Crippen molar-refractivity contribution >= 4 is 12.1 Å². The van der Waals surface area contributed by atoms with Crippen LogP contribution < -0.4 is 5.32 Å². The summed E-state index contributed by atoms with van der Waals surface area (Å²) in [7, 11) is 0. The molecule has 1 atom stereocenters. The molecule has 1 amide bonds. The number of carbonyl (C=O) groups excluding carboxylic acids is 1. The van der Waals surface area contributed by atoms with Crippen LogP contribution in [0.2, 0.25) is 0 Å². The molecule has 26 heavy (non-hydrogen) atoms.